The highest BCUT2D eigenvalue weighted by Crippen LogP contribution is 2.26. The van der Waals surface area contributed by atoms with E-state index in [-0.39, 0.29) is 12.5 Å². The Morgan fingerprint density at radius 1 is 0.944 bits per heavy atom. The zero-order valence-corrected chi connectivity index (χ0v) is 12.2. The highest BCUT2D eigenvalue weighted by Gasteiger charge is 2.20. The molecule has 3 nitrogen and oxygen atoms in total. The number of carbonyl (C=O) groups excluding carboxylic acids is 1. The molecule has 0 aliphatic rings. The number of aliphatic hydroxyl groups is 1. The van der Waals surface area contributed by atoms with Crippen LogP contribution in [0.15, 0.2) is 0 Å². The molecule has 0 aliphatic carbocycles. The maximum absolute atomic E-state index is 12.4. The van der Waals surface area contributed by atoms with Gasteiger partial charge in [-0.2, -0.15) is 0 Å². The second kappa shape index (κ2) is 5.53. The van der Waals surface area contributed by atoms with E-state index in [0.717, 1.165) is 16.7 Å². The Morgan fingerprint density at radius 2 is 1.33 bits per heavy atom. The predicted octanol–water partition coefficient (Wildman–Crippen LogP) is 2.29. The number of aliphatic hydroxyl groups excluding tert-OH is 1. The molecule has 1 amide bonds. The molecule has 18 heavy (non-hydrogen) atoms. The molecule has 100 valence electrons. The first-order valence-corrected chi connectivity index (χ1v) is 6.26. The standard InChI is InChI=1S/C15H23NO2/c1-9-10(2)12(4)14(13(5)11(9)3)15(18)16(6)7-8-17/h17H,7-8H2,1-6H3. The van der Waals surface area contributed by atoms with E-state index in [1.54, 1.807) is 11.9 Å². The molecule has 0 fully saturated rings. The molecule has 0 spiro atoms. The van der Waals surface area contributed by atoms with Gasteiger partial charge < -0.3 is 10.0 Å². The molecule has 1 N–H and O–H groups in total. The molecule has 0 aliphatic heterocycles. The van der Waals surface area contributed by atoms with E-state index in [9.17, 15) is 4.79 Å². The Hall–Kier alpha value is -1.35. The van der Waals surface area contributed by atoms with E-state index in [0.29, 0.717) is 6.54 Å². The van der Waals surface area contributed by atoms with Crippen molar-refractivity contribution in [1.82, 2.24) is 4.90 Å². The van der Waals surface area contributed by atoms with Crippen LogP contribution >= 0.6 is 0 Å². The Labute approximate surface area is 109 Å². The van der Waals surface area contributed by atoms with Crippen LogP contribution in [0.4, 0.5) is 0 Å². The summed E-state index contributed by atoms with van der Waals surface area (Å²) in [5.74, 6) is -0.00903. The minimum Gasteiger partial charge on any atom is -0.395 e. The van der Waals surface area contributed by atoms with Crippen LogP contribution < -0.4 is 0 Å². The van der Waals surface area contributed by atoms with Gasteiger partial charge in [-0.15, -0.1) is 0 Å². The summed E-state index contributed by atoms with van der Waals surface area (Å²) in [6.45, 7) is 10.5. The van der Waals surface area contributed by atoms with Crippen molar-refractivity contribution >= 4 is 5.91 Å². The summed E-state index contributed by atoms with van der Waals surface area (Å²) in [5, 5.41) is 8.93. The zero-order valence-electron chi connectivity index (χ0n) is 12.2. The Morgan fingerprint density at radius 3 is 1.72 bits per heavy atom. The molecule has 0 saturated heterocycles. The average molecular weight is 249 g/mol. The maximum atomic E-state index is 12.4. The smallest absolute Gasteiger partial charge is 0.254 e. The van der Waals surface area contributed by atoms with Crippen molar-refractivity contribution in [3.05, 3.63) is 33.4 Å². The first-order valence-electron chi connectivity index (χ1n) is 6.26. The lowest BCUT2D eigenvalue weighted by Gasteiger charge is -2.22. The molecule has 0 radical (unpaired) electrons. The lowest BCUT2D eigenvalue weighted by molar-refractivity contribution is 0.0765. The van der Waals surface area contributed by atoms with Crippen molar-refractivity contribution in [3.63, 3.8) is 0 Å². The first kappa shape index (κ1) is 14.7. The van der Waals surface area contributed by atoms with Crippen molar-refractivity contribution in [2.24, 2.45) is 0 Å². The number of hydrogen-bond donors (Lipinski definition) is 1. The number of nitrogens with zero attached hydrogens (tertiary/aromatic N) is 1. The lowest BCUT2D eigenvalue weighted by atomic mass is 9.89. The molecule has 1 aromatic carbocycles. The van der Waals surface area contributed by atoms with E-state index in [1.165, 1.54) is 16.7 Å². The molecule has 0 atom stereocenters. The molecule has 1 aromatic rings. The monoisotopic (exact) mass is 249 g/mol. The van der Waals surface area contributed by atoms with Crippen molar-refractivity contribution in [1.29, 1.82) is 0 Å². The van der Waals surface area contributed by atoms with E-state index in [4.69, 9.17) is 5.11 Å². The van der Waals surface area contributed by atoms with Gasteiger partial charge in [-0.3, -0.25) is 4.79 Å². The SMILES string of the molecule is Cc1c(C)c(C)c(C(=O)N(C)CCO)c(C)c1C. The topological polar surface area (TPSA) is 40.5 Å². The van der Waals surface area contributed by atoms with Gasteiger partial charge in [0.1, 0.15) is 0 Å². The van der Waals surface area contributed by atoms with Crippen LogP contribution in [0.3, 0.4) is 0 Å². The molecule has 0 aromatic heterocycles. The summed E-state index contributed by atoms with van der Waals surface area (Å²) in [6.07, 6.45) is 0. The summed E-state index contributed by atoms with van der Waals surface area (Å²) < 4.78 is 0. The zero-order chi connectivity index (χ0) is 14.0. The summed E-state index contributed by atoms with van der Waals surface area (Å²) in [7, 11) is 1.72. The van der Waals surface area contributed by atoms with Gasteiger partial charge in [-0.1, -0.05) is 0 Å². The van der Waals surface area contributed by atoms with E-state index < -0.39 is 0 Å². The van der Waals surface area contributed by atoms with Gasteiger partial charge >= 0.3 is 0 Å². The van der Waals surface area contributed by atoms with Gasteiger partial charge in [-0.05, 0) is 62.4 Å². The van der Waals surface area contributed by atoms with E-state index in [2.05, 4.69) is 20.8 Å². The normalized spacial score (nSPS) is 10.6. The van der Waals surface area contributed by atoms with E-state index >= 15 is 0 Å². The van der Waals surface area contributed by atoms with Gasteiger partial charge in [0.25, 0.3) is 5.91 Å². The van der Waals surface area contributed by atoms with Crippen LogP contribution in [-0.2, 0) is 0 Å². The number of carbonyl (C=O) groups is 1. The summed E-state index contributed by atoms with van der Waals surface area (Å²) in [5.41, 5.74) is 6.49. The van der Waals surface area contributed by atoms with Crippen molar-refractivity contribution in [2.45, 2.75) is 34.6 Å². The first-order chi connectivity index (χ1) is 8.32. The molecule has 0 saturated carbocycles. The number of benzene rings is 1. The van der Waals surface area contributed by atoms with Gasteiger partial charge in [0.05, 0.1) is 6.61 Å². The highest BCUT2D eigenvalue weighted by molar-refractivity contribution is 5.97. The molecule has 0 bridgehead atoms. The average Bonchev–Trinajstić information content (AvgIpc) is 2.34. The molecule has 3 heteroatoms. The predicted molar refractivity (Wildman–Crippen MR) is 74.2 cm³/mol. The third kappa shape index (κ3) is 2.41. The molecule has 0 heterocycles. The summed E-state index contributed by atoms with van der Waals surface area (Å²) >= 11 is 0. The third-order valence-electron chi connectivity index (χ3n) is 4.00. The molecule has 0 unspecified atom stereocenters. The molecular weight excluding hydrogens is 226 g/mol. The van der Waals surface area contributed by atoms with Crippen LogP contribution in [-0.4, -0.2) is 36.1 Å². The fourth-order valence-corrected chi connectivity index (χ4v) is 2.26. The van der Waals surface area contributed by atoms with Crippen molar-refractivity contribution in [3.8, 4) is 0 Å². The van der Waals surface area contributed by atoms with Crippen LogP contribution in [0.2, 0.25) is 0 Å². The van der Waals surface area contributed by atoms with Crippen LogP contribution in [0, 0.1) is 34.6 Å². The maximum Gasteiger partial charge on any atom is 0.254 e. The van der Waals surface area contributed by atoms with Gasteiger partial charge in [0.15, 0.2) is 0 Å². The highest BCUT2D eigenvalue weighted by atomic mass is 16.3. The Balaban J connectivity index is 3.37. The largest absolute Gasteiger partial charge is 0.395 e. The van der Waals surface area contributed by atoms with Crippen molar-refractivity contribution in [2.75, 3.05) is 20.2 Å². The summed E-state index contributed by atoms with van der Waals surface area (Å²) in [6, 6.07) is 0. The number of likely N-dealkylation sites (N-methyl/N-ethyl adjacent to an activating group) is 1. The second-order valence-electron chi connectivity index (χ2n) is 4.95. The minimum atomic E-state index is -0.00976. The molecule has 1 rings (SSSR count). The number of rotatable bonds is 3. The molecular formula is C15H23NO2. The number of hydrogen-bond acceptors (Lipinski definition) is 2. The van der Waals surface area contributed by atoms with Gasteiger partial charge in [-0.25, -0.2) is 0 Å². The minimum absolute atomic E-state index is 0.00903. The van der Waals surface area contributed by atoms with Crippen LogP contribution in [0.1, 0.15) is 38.2 Å². The van der Waals surface area contributed by atoms with Crippen molar-refractivity contribution < 1.29 is 9.90 Å². The second-order valence-corrected chi connectivity index (χ2v) is 4.95. The Bertz CT molecular complexity index is 449. The van der Waals surface area contributed by atoms with Gasteiger partial charge in [0, 0.05) is 19.2 Å². The fourth-order valence-electron chi connectivity index (χ4n) is 2.26. The van der Waals surface area contributed by atoms with Crippen LogP contribution in [0.25, 0.3) is 0 Å². The number of amides is 1. The summed E-state index contributed by atoms with van der Waals surface area (Å²) in [4.78, 5) is 14.0. The quantitative estimate of drug-likeness (QED) is 0.893. The van der Waals surface area contributed by atoms with E-state index in [1.807, 2.05) is 13.8 Å². The Kier molecular flexibility index (Phi) is 4.52. The third-order valence-corrected chi connectivity index (χ3v) is 4.00. The fraction of sp³-hybridized carbons (Fsp3) is 0.533. The lowest BCUT2D eigenvalue weighted by Crippen LogP contribution is -2.31. The van der Waals surface area contributed by atoms with Crippen LogP contribution in [0.5, 0.6) is 0 Å². The van der Waals surface area contributed by atoms with Gasteiger partial charge in [0.2, 0.25) is 0 Å².